The lowest BCUT2D eigenvalue weighted by molar-refractivity contribution is -0.132. The van der Waals surface area contributed by atoms with Crippen LogP contribution in [0.3, 0.4) is 0 Å². The van der Waals surface area contributed by atoms with E-state index < -0.39 is 0 Å². The van der Waals surface area contributed by atoms with Crippen molar-refractivity contribution < 1.29 is 9.18 Å². The van der Waals surface area contributed by atoms with Crippen molar-refractivity contribution in [3.63, 3.8) is 0 Å². The minimum Gasteiger partial charge on any atom is -0.340 e. The molecule has 0 radical (unpaired) electrons. The minimum absolute atomic E-state index is 0. The highest BCUT2D eigenvalue weighted by atomic mass is 79.9. The second-order valence-corrected chi connectivity index (χ2v) is 6.56. The molecule has 1 aliphatic heterocycles. The van der Waals surface area contributed by atoms with Gasteiger partial charge in [0, 0.05) is 62.3 Å². The second-order valence-electron chi connectivity index (χ2n) is 5.64. The van der Waals surface area contributed by atoms with E-state index in [0.717, 1.165) is 30.7 Å². The third kappa shape index (κ3) is 6.51. The average molecular weight is 421 g/mol. The Hall–Kier alpha value is -0.950. The van der Waals surface area contributed by atoms with E-state index in [4.69, 9.17) is 0 Å². The fraction of sp³-hybridized carbons (Fsp3) is 0.471. The summed E-state index contributed by atoms with van der Waals surface area (Å²) in [7, 11) is 0. The predicted octanol–water partition coefficient (Wildman–Crippen LogP) is 2.82. The summed E-state index contributed by atoms with van der Waals surface area (Å²) < 4.78 is 14.8. The number of halogens is 3. The lowest BCUT2D eigenvalue weighted by atomic mass is 10.2. The zero-order valence-electron chi connectivity index (χ0n) is 13.6. The van der Waals surface area contributed by atoms with Gasteiger partial charge in [0.2, 0.25) is 5.91 Å². The monoisotopic (exact) mass is 419 g/mol. The highest BCUT2D eigenvalue weighted by Crippen LogP contribution is 2.17. The van der Waals surface area contributed by atoms with Gasteiger partial charge in [-0.15, -0.1) is 19.0 Å². The maximum absolute atomic E-state index is 13.9. The molecular formula is C17H24BrClFN3O. The molecule has 24 heavy (non-hydrogen) atoms. The van der Waals surface area contributed by atoms with Gasteiger partial charge in [-0.1, -0.05) is 22.0 Å². The summed E-state index contributed by atoms with van der Waals surface area (Å²) in [5.74, 6) is -0.0639. The van der Waals surface area contributed by atoms with Crippen molar-refractivity contribution in [2.45, 2.75) is 13.0 Å². The molecule has 7 heteroatoms. The lowest BCUT2D eigenvalue weighted by Crippen LogP contribution is -2.47. The summed E-state index contributed by atoms with van der Waals surface area (Å²) in [5.41, 5.74) is 0.621. The minimum atomic E-state index is -0.226. The first kappa shape index (κ1) is 21.1. The first-order chi connectivity index (χ1) is 11.1. The van der Waals surface area contributed by atoms with Gasteiger partial charge in [0.1, 0.15) is 5.82 Å². The number of carbonyl (C=O) groups excluding carboxylic acids is 1. The van der Waals surface area contributed by atoms with E-state index in [0.29, 0.717) is 31.6 Å². The molecule has 0 spiro atoms. The molecule has 2 rings (SSSR count). The van der Waals surface area contributed by atoms with Crippen LogP contribution in [0.2, 0.25) is 0 Å². The van der Waals surface area contributed by atoms with Gasteiger partial charge in [-0.25, -0.2) is 4.39 Å². The molecule has 0 atom stereocenters. The van der Waals surface area contributed by atoms with Crippen LogP contribution in [0, 0.1) is 5.82 Å². The largest absolute Gasteiger partial charge is 0.340 e. The number of rotatable bonds is 7. The number of carbonyl (C=O) groups is 1. The summed E-state index contributed by atoms with van der Waals surface area (Å²) in [4.78, 5) is 16.2. The van der Waals surface area contributed by atoms with Crippen molar-refractivity contribution >= 4 is 34.2 Å². The quantitative estimate of drug-likeness (QED) is 0.689. The van der Waals surface area contributed by atoms with E-state index >= 15 is 0 Å². The van der Waals surface area contributed by atoms with Gasteiger partial charge >= 0.3 is 0 Å². The molecule has 1 aromatic carbocycles. The Bertz CT molecular complexity index is 553. The second kappa shape index (κ2) is 10.8. The average Bonchev–Trinajstić information content (AvgIpc) is 2.56. The van der Waals surface area contributed by atoms with Crippen LogP contribution in [0.25, 0.3) is 0 Å². The third-order valence-electron chi connectivity index (χ3n) is 3.90. The van der Waals surface area contributed by atoms with E-state index in [1.165, 1.54) is 6.07 Å². The molecule has 1 N–H and O–H groups in total. The van der Waals surface area contributed by atoms with Gasteiger partial charge < -0.3 is 10.2 Å². The van der Waals surface area contributed by atoms with Crippen molar-refractivity contribution in [1.82, 2.24) is 15.1 Å². The number of nitrogens with zero attached hydrogens (tertiary/aromatic N) is 2. The predicted molar refractivity (Wildman–Crippen MR) is 101 cm³/mol. The topological polar surface area (TPSA) is 35.6 Å². The smallest absolute Gasteiger partial charge is 0.223 e. The number of benzene rings is 1. The maximum Gasteiger partial charge on any atom is 0.223 e. The van der Waals surface area contributed by atoms with Gasteiger partial charge in [0.15, 0.2) is 0 Å². The first-order valence-electron chi connectivity index (χ1n) is 7.86. The van der Waals surface area contributed by atoms with Crippen LogP contribution >= 0.6 is 28.3 Å². The zero-order chi connectivity index (χ0) is 16.7. The summed E-state index contributed by atoms with van der Waals surface area (Å²) in [6.45, 7) is 8.67. The number of nitrogens with one attached hydrogen (secondary N) is 1. The van der Waals surface area contributed by atoms with Crippen molar-refractivity contribution in [3.8, 4) is 0 Å². The van der Waals surface area contributed by atoms with E-state index in [9.17, 15) is 9.18 Å². The van der Waals surface area contributed by atoms with E-state index in [1.807, 2.05) is 9.80 Å². The van der Waals surface area contributed by atoms with Gasteiger partial charge in [-0.3, -0.25) is 9.69 Å². The lowest BCUT2D eigenvalue weighted by Gasteiger charge is -2.28. The van der Waals surface area contributed by atoms with Gasteiger partial charge in [-0.05, 0) is 18.2 Å². The molecule has 0 aliphatic carbocycles. The Kier molecular flexibility index (Phi) is 9.51. The molecule has 1 amide bonds. The zero-order valence-corrected chi connectivity index (χ0v) is 16.0. The molecule has 0 aromatic heterocycles. The SMILES string of the molecule is C=CCN(CCC(=O)N1CCNCC1)Cc1cc(Br)ccc1F.Cl. The standard InChI is InChI=1S/C17H23BrFN3O.ClH/c1-2-8-21(13-14-12-15(18)3-4-16(14)19)9-5-17(23)22-10-6-20-7-11-22;/h2-4,12,20H,1,5-11,13H2;1H. The molecule has 1 fully saturated rings. The molecular weight excluding hydrogens is 397 g/mol. The van der Waals surface area contributed by atoms with Gasteiger partial charge in [-0.2, -0.15) is 0 Å². The summed E-state index contributed by atoms with van der Waals surface area (Å²) in [6, 6.07) is 4.92. The third-order valence-corrected chi connectivity index (χ3v) is 4.39. The Balaban J connectivity index is 0.00000288. The van der Waals surface area contributed by atoms with E-state index in [2.05, 4.69) is 27.8 Å². The molecule has 1 heterocycles. The van der Waals surface area contributed by atoms with Crippen LogP contribution in [0.5, 0.6) is 0 Å². The maximum atomic E-state index is 13.9. The Morgan fingerprint density at radius 2 is 2.12 bits per heavy atom. The Morgan fingerprint density at radius 1 is 1.42 bits per heavy atom. The van der Waals surface area contributed by atoms with Crippen molar-refractivity contribution in [2.24, 2.45) is 0 Å². The molecule has 0 unspecified atom stereocenters. The molecule has 0 saturated carbocycles. The van der Waals surface area contributed by atoms with Crippen LogP contribution in [0.15, 0.2) is 35.3 Å². The number of hydrogen-bond donors (Lipinski definition) is 1. The Morgan fingerprint density at radius 3 is 2.79 bits per heavy atom. The Labute approximate surface area is 157 Å². The molecule has 0 bridgehead atoms. The molecule has 1 aromatic rings. The van der Waals surface area contributed by atoms with Crippen LogP contribution in [-0.2, 0) is 11.3 Å². The summed E-state index contributed by atoms with van der Waals surface area (Å²) in [6.07, 6.45) is 2.23. The number of amides is 1. The first-order valence-corrected chi connectivity index (χ1v) is 8.65. The van der Waals surface area contributed by atoms with Crippen LogP contribution in [-0.4, -0.2) is 55.0 Å². The van der Waals surface area contributed by atoms with Gasteiger partial charge in [0.25, 0.3) is 0 Å². The number of hydrogen-bond acceptors (Lipinski definition) is 3. The molecule has 134 valence electrons. The highest BCUT2D eigenvalue weighted by molar-refractivity contribution is 9.10. The molecule has 4 nitrogen and oxygen atoms in total. The van der Waals surface area contributed by atoms with Gasteiger partial charge in [0.05, 0.1) is 0 Å². The van der Waals surface area contributed by atoms with Crippen LogP contribution in [0.4, 0.5) is 4.39 Å². The van der Waals surface area contributed by atoms with Crippen LogP contribution in [0.1, 0.15) is 12.0 Å². The summed E-state index contributed by atoms with van der Waals surface area (Å²) in [5, 5.41) is 3.24. The summed E-state index contributed by atoms with van der Waals surface area (Å²) >= 11 is 3.37. The fourth-order valence-electron chi connectivity index (χ4n) is 2.65. The highest BCUT2D eigenvalue weighted by Gasteiger charge is 2.17. The van der Waals surface area contributed by atoms with Crippen molar-refractivity contribution in [3.05, 3.63) is 46.7 Å². The van der Waals surface area contributed by atoms with E-state index in [1.54, 1.807) is 18.2 Å². The molecule has 1 saturated heterocycles. The fourth-order valence-corrected chi connectivity index (χ4v) is 3.06. The number of piperazine rings is 1. The van der Waals surface area contributed by atoms with Crippen molar-refractivity contribution in [1.29, 1.82) is 0 Å². The van der Waals surface area contributed by atoms with Crippen LogP contribution < -0.4 is 5.32 Å². The van der Waals surface area contributed by atoms with E-state index in [-0.39, 0.29) is 24.1 Å². The van der Waals surface area contributed by atoms with Crippen molar-refractivity contribution in [2.75, 3.05) is 39.3 Å². The molecule has 1 aliphatic rings. The normalized spacial score (nSPS) is 14.4.